The van der Waals surface area contributed by atoms with E-state index >= 15 is 0 Å². The number of Topliss-reactive ketones (excluding diaryl/α,β-unsaturated/α-hetero) is 1. The second-order valence-electron chi connectivity index (χ2n) is 4.97. The summed E-state index contributed by atoms with van der Waals surface area (Å²) in [5.74, 6) is 0.519. The van der Waals surface area contributed by atoms with Crippen LogP contribution in [0.25, 0.3) is 10.8 Å². The van der Waals surface area contributed by atoms with Gasteiger partial charge in [-0.15, -0.1) is 0 Å². The first-order valence-corrected chi connectivity index (χ1v) is 6.76. The van der Waals surface area contributed by atoms with E-state index in [1.54, 1.807) is 25.0 Å². The number of hydrogen-bond acceptors (Lipinski definition) is 3. The number of methoxy groups -OCH3 is 1. The summed E-state index contributed by atoms with van der Waals surface area (Å²) in [4.78, 5) is 12.5. The highest BCUT2D eigenvalue weighted by Gasteiger charge is 2.17. The Morgan fingerprint density at radius 1 is 1.19 bits per heavy atom. The van der Waals surface area contributed by atoms with Gasteiger partial charge in [-0.05, 0) is 16.3 Å². The summed E-state index contributed by atoms with van der Waals surface area (Å²) in [6.07, 6.45) is 1.90. The van der Waals surface area contributed by atoms with Gasteiger partial charge >= 0.3 is 0 Å². The third-order valence-corrected chi connectivity index (χ3v) is 3.57. The van der Waals surface area contributed by atoms with Crippen molar-refractivity contribution in [1.29, 1.82) is 0 Å². The molecule has 0 radical (unpaired) electrons. The molecule has 21 heavy (non-hydrogen) atoms. The third-order valence-electron chi connectivity index (χ3n) is 3.57. The number of benzene rings is 2. The van der Waals surface area contributed by atoms with Crippen LogP contribution >= 0.6 is 0 Å². The highest BCUT2D eigenvalue weighted by molar-refractivity contribution is 5.98. The van der Waals surface area contributed by atoms with Crippen LogP contribution in [0.4, 0.5) is 0 Å². The molecule has 0 aliphatic rings. The first-order valence-electron chi connectivity index (χ1n) is 6.76. The first-order chi connectivity index (χ1) is 10.2. The molecule has 4 heteroatoms. The number of nitrogens with zero attached hydrogens (tertiary/aromatic N) is 2. The topological polar surface area (TPSA) is 44.1 Å². The normalized spacial score (nSPS) is 10.8. The number of ether oxygens (including phenoxy) is 1. The summed E-state index contributed by atoms with van der Waals surface area (Å²) in [5, 5.41) is 6.38. The average molecular weight is 280 g/mol. The SMILES string of the molecule is COc1cnn(C)c1C(=O)Cc1ccc2ccccc2c1. The van der Waals surface area contributed by atoms with Crippen LogP contribution < -0.4 is 4.74 Å². The van der Waals surface area contributed by atoms with Crippen molar-refractivity contribution in [3.63, 3.8) is 0 Å². The van der Waals surface area contributed by atoms with Gasteiger partial charge in [0, 0.05) is 13.5 Å². The van der Waals surface area contributed by atoms with Gasteiger partial charge in [0.1, 0.15) is 5.69 Å². The maximum atomic E-state index is 12.5. The van der Waals surface area contributed by atoms with E-state index in [-0.39, 0.29) is 5.78 Å². The lowest BCUT2D eigenvalue weighted by atomic mass is 10.0. The van der Waals surface area contributed by atoms with E-state index in [4.69, 9.17) is 4.74 Å². The molecule has 0 aliphatic heterocycles. The highest BCUT2D eigenvalue weighted by atomic mass is 16.5. The average Bonchev–Trinajstić information content (AvgIpc) is 2.88. The number of aryl methyl sites for hydroxylation is 1. The minimum Gasteiger partial charge on any atom is -0.493 e. The number of aromatic nitrogens is 2. The lowest BCUT2D eigenvalue weighted by Crippen LogP contribution is -2.11. The molecule has 0 bridgehead atoms. The van der Waals surface area contributed by atoms with Gasteiger partial charge in [-0.25, -0.2) is 0 Å². The summed E-state index contributed by atoms with van der Waals surface area (Å²) in [7, 11) is 3.29. The summed E-state index contributed by atoms with van der Waals surface area (Å²) in [6.45, 7) is 0. The minimum absolute atomic E-state index is 0.00197. The van der Waals surface area contributed by atoms with E-state index in [9.17, 15) is 4.79 Å². The zero-order valence-corrected chi connectivity index (χ0v) is 12.0. The van der Waals surface area contributed by atoms with E-state index in [2.05, 4.69) is 17.2 Å². The van der Waals surface area contributed by atoms with Crippen molar-refractivity contribution >= 4 is 16.6 Å². The lowest BCUT2D eigenvalue weighted by molar-refractivity contribution is 0.0981. The summed E-state index contributed by atoms with van der Waals surface area (Å²) < 4.78 is 6.75. The van der Waals surface area contributed by atoms with Gasteiger partial charge < -0.3 is 4.74 Å². The second kappa shape index (κ2) is 5.40. The molecule has 0 spiro atoms. The number of carbonyl (C=O) groups excluding carboxylic acids is 1. The molecule has 0 N–H and O–H groups in total. The Kier molecular flexibility index (Phi) is 3.44. The number of ketones is 1. The molecule has 0 atom stereocenters. The van der Waals surface area contributed by atoms with Gasteiger partial charge in [0.05, 0.1) is 13.3 Å². The Labute approximate surface area is 123 Å². The Morgan fingerprint density at radius 3 is 2.71 bits per heavy atom. The fourth-order valence-electron chi connectivity index (χ4n) is 2.50. The van der Waals surface area contributed by atoms with Crippen molar-refractivity contribution in [3.05, 3.63) is 59.9 Å². The van der Waals surface area contributed by atoms with E-state index in [1.807, 2.05) is 30.3 Å². The molecule has 0 saturated heterocycles. The molecule has 3 rings (SSSR count). The van der Waals surface area contributed by atoms with Gasteiger partial charge in [0.25, 0.3) is 0 Å². The molecule has 0 fully saturated rings. The van der Waals surface area contributed by atoms with Crippen molar-refractivity contribution < 1.29 is 9.53 Å². The molecule has 3 aromatic rings. The fraction of sp³-hybridized carbons (Fsp3) is 0.176. The Bertz CT molecular complexity index is 805. The van der Waals surface area contributed by atoms with Gasteiger partial charge in [-0.2, -0.15) is 5.10 Å². The van der Waals surface area contributed by atoms with Crippen LogP contribution in [0.2, 0.25) is 0 Å². The van der Waals surface area contributed by atoms with Crippen molar-refractivity contribution in [2.24, 2.45) is 7.05 Å². The maximum Gasteiger partial charge on any atom is 0.189 e. The Hall–Kier alpha value is -2.62. The summed E-state index contributed by atoms with van der Waals surface area (Å²) in [6, 6.07) is 14.2. The van der Waals surface area contributed by atoms with Gasteiger partial charge in [-0.3, -0.25) is 9.48 Å². The predicted octanol–water partition coefficient (Wildman–Crippen LogP) is 3.01. The molecule has 2 aromatic carbocycles. The van der Waals surface area contributed by atoms with Crippen molar-refractivity contribution in [2.75, 3.05) is 7.11 Å². The van der Waals surface area contributed by atoms with Crippen LogP contribution in [-0.2, 0) is 13.5 Å². The second-order valence-corrected chi connectivity index (χ2v) is 4.97. The summed E-state index contributed by atoms with van der Waals surface area (Å²) >= 11 is 0. The zero-order chi connectivity index (χ0) is 14.8. The molecule has 0 aliphatic carbocycles. The largest absolute Gasteiger partial charge is 0.493 e. The molecule has 0 unspecified atom stereocenters. The standard InChI is InChI=1S/C17H16N2O2/c1-19-17(16(21-2)11-18-19)15(20)10-12-7-8-13-5-3-4-6-14(13)9-12/h3-9,11H,10H2,1-2H3. The molecule has 1 heterocycles. The monoisotopic (exact) mass is 280 g/mol. The molecular weight excluding hydrogens is 264 g/mol. The zero-order valence-electron chi connectivity index (χ0n) is 12.0. The minimum atomic E-state index is 0.00197. The lowest BCUT2D eigenvalue weighted by Gasteiger charge is -2.06. The number of hydrogen-bond donors (Lipinski definition) is 0. The third kappa shape index (κ3) is 2.52. The van der Waals surface area contributed by atoms with E-state index in [1.165, 1.54) is 5.39 Å². The molecule has 0 amide bonds. The predicted molar refractivity (Wildman–Crippen MR) is 81.7 cm³/mol. The van der Waals surface area contributed by atoms with E-state index in [0.29, 0.717) is 17.9 Å². The number of rotatable bonds is 4. The molecule has 1 aromatic heterocycles. The molecule has 106 valence electrons. The van der Waals surface area contributed by atoms with Gasteiger partial charge in [0.15, 0.2) is 11.5 Å². The van der Waals surface area contributed by atoms with Crippen LogP contribution in [0.3, 0.4) is 0 Å². The van der Waals surface area contributed by atoms with Crippen LogP contribution in [0, 0.1) is 0 Å². The number of carbonyl (C=O) groups is 1. The fourth-order valence-corrected chi connectivity index (χ4v) is 2.50. The van der Waals surface area contributed by atoms with Crippen molar-refractivity contribution in [2.45, 2.75) is 6.42 Å². The van der Waals surface area contributed by atoms with Gasteiger partial charge in [0.2, 0.25) is 0 Å². The van der Waals surface area contributed by atoms with Gasteiger partial charge in [-0.1, -0.05) is 42.5 Å². The Morgan fingerprint density at radius 2 is 1.95 bits per heavy atom. The van der Waals surface area contributed by atoms with E-state index < -0.39 is 0 Å². The quantitative estimate of drug-likeness (QED) is 0.690. The summed E-state index contributed by atoms with van der Waals surface area (Å²) in [5.41, 5.74) is 1.49. The molecular formula is C17H16N2O2. The van der Waals surface area contributed by atoms with Crippen molar-refractivity contribution in [3.8, 4) is 5.75 Å². The van der Waals surface area contributed by atoms with Crippen LogP contribution in [0.15, 0.2) is 48.7 Å². The van der Waals surface area contributed by atoms with Crippen LogP contribution in [0.1, 0.15) is 16.1 Å². The molecule has 4 nitrogen and oxygen atoms in total. The van der Waals surface area contributed by atoms with E-state index in [0.717, 1.165) is 10.9 Å². The highest BCUT2D eigenvalue weighted by Crippen LogP contribution is 2.21. The Balaban J connectivity index is 1.90. The number of fused-ring (bicyclic) bond motifs is 1. The van der Waals surface area contributed by atoms with Crippen molar-refractivity contribution in [1.82, 2.24) is 9.78 Å². The first kappa shape index (κ1) is 13.4. The smallest absolute Gasteiger partial charge is 0.189 e. The van der Waals surface area contributed by atoms with Crippen LogP contribution in [0.5, 0.6) is 5.75 Å². The maximum absolute atomic E-state index is 12.5. The molecule has 0 saturated carbocycles. The van der Waals surface area contributed by atoms with Crippen LogP contribution in [-0.4, -0.2) is 22.7 Å².